The molecule has 1 aromatic carbocycles. The summed E-state index contributed by atoms with van der Waals surface area (Å²) < 4.78 is 34.3. The fourth-order valence-electron chi connectivity index (χ4n) is 4.12. The lowest BCUT2D eigenvalue weighted by Crippen LogP contribution is -2.24. The van der Waals surface area contributed by atoms with Gasteiger partial charge in [-0.25, -0.2) is 4.57 Å². The molecule has 9 heteroatoms. The lowest BCUT2D eigenvalue weighted by Gasteiger charge is -2.21. The van der Waals surface area contributed by atoms with E-state index in [2.05, 4.69) is 11.8 Å². The molecule has 1 heterocycles. The Labute approximate surface area is 228 Å². The van der Waals surface area contributed by atoms with Crippen molar-refractivity contribution in [1.29, 1.82) is 0 Å². The van der Waals surface area contributed by atoms with Crippen LogP contribution in [0.15, 0.2) is 35.9 Å². The molecule has 37 heavy (non-hydrogen) atoms. The Kier molecular flexibility index (Phi) is 17.4. The van der Waals surface area contributed by atoms with Crippen LogP contribution in [0.1, 0.15) is 89.5 Å². The Balaban J connectivity index is 1.54. The minimum atomic E-state index is -4.30. The summed E-state index contributed by atoms with van der Waals surface area (Å²) in [6.45, 7) is 3.73. The van der Waals surface area contributed by atoms with Crippen molar-refractivity contribution in [2.24, 2.45) is 0 Å². The van der Waals surface area contributed by atoms with Gasteiger partial charge in [-0.3, -0.25) is 9.42 Å². The molecule has 0 aliphatic carbocycles. The third-order valence-electron chi connectivity index (χ3n) is 6.37. The molecule has 212 valence electrons. The van der Waals surface area contributed by atoms with E-state index in [1.54, 1.807) is 31.0 Å². The Morgan fingerprint density at radius 1 is 0.973 bits per heavy atom. The van der Waals surface area contributed by atoms with Crippen molar-refractivity contribution < 1.29 is 28.0 Å². The summed E-state index contributed by atoms with van der Waals surface area (Å²) in [4.78, 5) is 12.4. The highest BCUT2D eigenvalue weighted by molar-refractivity contribution is 8.02. The molecule has 1 N–H and O–H groups in total. The van der Waals surface area contributed by atoms with Gasteiger partial charge in [0.1, 0.15) is 11.9 Å². The van der Waals surface area contributed by atoms with Crippen molar-refractivity contribution in [2.45, 2.75) is 96.6 Å². The van der Waals surface area contributed by atoms with Crippen molar-refractivity contribution in [3.05, 3.63) is 41.4 Å². The van der Waals surface area contributed by atoms with E-state index in [0.29, 0.717) is 25.5 Å². The number of hydrogen-bond donors (Lipinski definition) is 1. The number of unbranched alkanes of at least 4 members (excludes halogenated alkanes) is 11. The molecule has 1 aliphatic rings. The Hall–Kier alpha value is -1.02. The molecule has 2 unspecified atom stereocenters. The van der Waals surface area contributed by atoms with Crippen LogP contribution < -0.4 is 4.52 Å². The molecular formula is C28H48NO6PS. The van der Waals surface area contributed by atoms with Crippen LogP contribution in [0.3, 0.4) is 0 Å². The highest BCUT2D eigenvalue weighted by Gasteiger charge is 2.26. The number of methoxy groups -OCH3 is 1. The predicted octanol–water partition coefficient (Wildman–Crippen LogP) is 7.89. The van der Waals surface area contributed by atoms with Crippen LogP contribution in [-0.4, -0.2) is 48.7 Å². The largest absolute Gasteiger partial charge is 0.527 e. The number of nitrogens with zero attached hydrogens (tertiary/aromatic N) is 1. The Morgan fingerprint density at radius 3 is 2.24 bits per heavy atom. The third kappa shape index (κ3) is 15.2. The second-order valence-corrected chi connectivity index (χ2v) is 11.9. The fourth-order valence-corrected chi connectivity index (χ4v) is 5.67. The van der Waals surface area contributed by atoms with Gasteiger partial charge in [0.25, 0.3) is 0 Å². The number of ether oxygens (including phenoxy) is 2. The Bertz CT molecular complexity index is 796. The molecule has 0 aromatic heterocycles. The molecule has 0 spiro atoms. The van der Waals surface area contributed by atoms with Gasteiger partial charge >= 0.3 is 7.82 Å². The molecule has 1 aliphatic heterocycles. The summed E-state index contributed by atoms with van der Waals surface area (Å²) in [6, 6.07) is 7.22. The minimum absolute atomic E-state index is 0.0869. The number of phosphoric acid groups is 1. The maximum absolute atomic E-state index is 12.6. The highest BCUT2D eigenvalue weighted by atomic mass is 32.2. The molecule has 1 aromatic rings. The van der Waals surface area contributed by atoms with Gasteiger partial charge in [-0.05, 0) is 17.9 Å². The lowest BCUT2D eigenvalue weighted by atomic mass is 10.1. The molecule has 2 rings (SSSR count). The van der Waals surface area contributed by atoms with E-state index >= 15 is 0 Å². The first-order chi connectivity index (χ1) is 18.0. The molecule has 0 fully saturated rings. The van der Waals surface area contributed by atoms with Crippen LogP contribution in [-0.2, 0) is 25.1 Å². The molecule has 0 amide bonds. The number of phosphoric ester groups is 1. The van der Waals surface area contributed by atoms with E-state index in [1.165, 1.54) is 64.2 Å². The van der Waals surface area contributed by atoms with Crippen molar-refractivity contribution in [2.75, 3.05) is 32.8 Å². The molecule has 0 bridgehead atoms. The standard InChI is InChI=1S/C28H48NO6PS/c1-3-4-5-6-7-8-9-10-11-12-13-16-20-33-23-27(32-2)24-34-36(30,31)35-28-18-15-14-17-26(28)22-29-19-21-37-25-29/h14-15,17-19,21,27H,3-13,16,20,22-25H2,1-2H3,(H,30,31). The number of rotatable bonds is 23. The second-order valence-electron chi connectivity index (χ2n) is 9.61. The second kappa shape index (κ2) is 20.0. The summed E-state index contributed by atoms with van der Waals surface area (Å²) in [5.74, 6) is 1.19. The van der Waals surface area contributed by atoms with Crippen molar-refractivity contribution in [1.82, 2.24) is 4.90 Å². The maximum Gasteiger partial charge on any atom is 0.527 e. The van der Waals surface area contributed by atoms with E-state index in [4.69, 9.17) is 18.5 Å². The maximum atomic E-state index is 12.6. The van der Waals surface area contributed by atoms with Gasteiger partial charge in [-0.2, -0.15) is 0 Å². The average Bonchev–Trinajstić information content (AvgIpc) is 3.40. The van der Waals surface area contributed by atoms with Crippen LogP contribution in [0.4, 0.5) is 0 Å². The predicted molar refractivity (Wildman–Crippen MR) is 153 cm³/mol. The monoisotopic (exact) mass is 557 g/mol. The molecular weight excluding hydrogens is 509 g/mol. The number of benzene rings is 1. The molecule has 0 saturated heterocycles. The SMILES string of the molecule is CCCCCCCCCCCCCCOCC(COP(=O)(O)Oc1ccccc1CN1C=CSC1)OC. The summed E-state index contributed by atoms with van der Waals surface area (Å²) in [5.41, 5.74) is 0.821. The quantitative estimate of drug-likeness (QED) is 0.107. The first-order valence-corrected chi connectivity index (χ1v) is 16.5. The van der Waals surface area contributed by atoms with Gasteiger partial charge in [-0.1, -0.05) is 95.8 Å². The fraction of sp³-hybridized carbons (Fsp3) is 0.714. The summed E-state index contributed by atoms with van der Waals surface area (Å²) in [6.07, 6.45) is 17.2. The van der Waals surface area contributed by atoms with E-state index in [-0.39, 0.29) is 6.61 Å². The van der Waals surface area contributed by atoms with Crippen LogP contribution >= 0.6 is 19.6 Å². The summed E-state index contributed by atoms with van der Waals surface area (Å²) in [5, 5.41) is 2.02. The van der Waals surface area contributed by atoms with Gasteiger partial charge in [-0.15, -0.1) is 11.8 Å². The molecule has 7 nitrogen and oxygen atoms in total. The van der Waals surface area contributed by atoms with Crippen LogP contribution in [0.5, 0.6) is 5.75 Å². The van der Waals surface area contributed by atoms with Crippen LogP contribution in [0, 0.1) is 0 Å². The van der Waals surface area contributed by atoms with E-state index in [1.807, 2.05) is 23.7 Å². The lowest BCUT2D eigenvalue weighted by molar-refractivity contribution is -0.0197. The van der Waals surface area contributed by atoms with Crippen molar-refractivity contribution >= 4 is 19.6 Å². The zero-order valence-electron chi connectivity index (χ0n) is 22.9. The molecule has 0 radical (unpaired) electrons. The van der Waals surface area contributed by atoms with Crippen molar-refractivity contribution in [3.63, 3.8) is 0 Å². The van der Waals surface area contributed by atoms with Gasteiger partial charge in [0.15, 0.2) is 0 Å². The van der Waals surface area contributed by atoms with Gasteiger partial charge < -0.3 is 18.9 Å². The average molecular weight is 558 g/mol. The number of thioether (sulfide) groups is 1. The van der Waals surface area contributed by atoms with Crippen LogP contribution in [0.25, 0.3) is 0 Å². The highest BCUT2D eigenvalue weighted by Crippen LogP contribution is 2.45. The van der Waals surface area contributed by atoms with Gasteiger partial charge in [0.2, 0.25) is 0 Å². The zero-order valence-corrected chi connectivity index (χ0v) is 24.6. The molecule has 2 atom stereocenters. The van der Waals surface area contributed by atoms with Gasteiger partial charge in [0, 0.05) is 32.0 Å². The third-order valence-corrected chi connectivity index (χ3v) is 8.07. The van der Waals surface area contributed by atoms with E-state index in [0.717, 1.165) is 24.3 Å². The molecule has 0 saturated carbocycles. The van der Waals surface area contributed by atoms with Gasteiger partial charge in [0.05, 0.1) is 19.1 Å². The number of para-hydroxylation sites is 1. The summed E-state index contributed by atoms with van der Waals surface area (Å²) in [7, 11) is -2.76. The number of hydrogen-bond acceptors (Lipinski definition) is 7. The zero-order chi connectivity index (χ0) is 26.6. The van der Waals surface area contributed by atoms with E-state index in [9.17, 15) is 9.46 Å². The van der Waals surface area contributed by atoms with Crippen LogP contribution in [0.2, 0.25) is 0 Å². The Morgan fingerprint density at radius 2 is 1.62 bits per heavy atom. The van der Waals surface area contributed by atoms with Crippen molar-refractivity contribution in [3.8, 4) is 5.75 Å². The normalized spacial score (nSPS) is 15.7. The topological polar surface area (TPSA) is 77.5 Å². The van der Waals surface area contributed by atoms with E-state index < -0.39 is 13.9 Å². The summed E-state index contributed by atoms with van der Waals surface area (Å²) >= 11 is 1.70. The smallest absolute Gasteiger partial charge is 0.404 e. The first kappa shape index (κ1) is 32.2. The first-order valence-electron chi connectivity index (χ1n) is 13.9. The minimum Gasteiger partial charge on any atom is -0.404 e.